The van der Waals surface area contributed by atoms with Crippen LogP contribution < -0.4 is 10.5 Å². The fourth-order valence-corrected chi connectivity index (χ4v) is 1.02. The molecule has 1 heterocycles. The highest BCUT2D eigenvalue weighted by atomic mass is 16.5. The van der Waals surface area contributed by atoms with Gasteiger partial charge in [0.25, 0.3) is 0 Å². The molecule has 1 aromatic heterocycles. The first-order chi connectivity index (χ1) is 6.59. The molecule has 0 radical (unpaired) electrons. The van der Waals surface area contributed by atoms with Crippen molar-refractivity contribution < 1.29 is 4.74 Å². The average Bonchev–Trinajstić information content (AvgIpc) is 2.08. The van der Waals surface area contributed by atoms with E-state index in [0.29, 0.717) is 18.2 Å². The molecule has 0 saturated heterocycles. The summed E-state index contributed by atoms with van der Waals surface area (Å²) >= 11 is 0. The molecule has 4 heteroatoms. The van der Waals surface area contributed by atoms with E-state index in [1.165, 1.54) is 0 Å². The first kappa shape index (κ1) is 10.8. The van der Waals surface area contributed by atoms with Crippen molar-refractivity contribution in [3.8, 4) is 5.88 Å². The molecule has 1 aromatic rings. The molecule has 0 aliphatic heterocycles. The first-order valence-electron chi connectivity index (χ1n) is 4.59. The number of nitrogen functional groups attached to an aromatic ring is 1. The van der Waals surface area contributed by atoms with Crippen molar-refractivity contribution in [3.63, 3.8) is 0 Å². The Kier molecular flexibility index (Phi) is 3.71. The molecule has 1 rings (SSSR count). The lowest BCUT2D eigenvalue weighted by Gasteiger charge is -2.11. The number of hydrogen-bond acceptors (Lipinski definition) is 4. The number of aromatic nitrogens is 1. The third kappa shape index (κ3) is 3.22. The zero-order valence-corrected chi connectivity index (χ0v) is 8.95. The van der Waals surface area contributed by atoms with E-state index in [-0.39, 0.29) is 0 Å². The number of likely N-dealkylation sites (N-methyl/N-ethyl adjacent to an activating group) is 1. The van der Waals surface area contributed by atoms with E-state index in [1.54, 1.807) is 6.20 Å². The Morgan fingerprint density at radius 3 is 2.79 bits per heavy atom. The van der Waals surface area contributed by atoms with Crippen LogP contribution in [0, 0.1) is 6.92 Å². The van der Waals surface area contributed by atoms with Gasteiger partial charge in [0.05, 0.1) is 5.69 Å². The number of ether oxygens (including phenoxy) is 1. The average molecular weight is 195 g/mol. The molecule has 0 bridgehead atoms. The van der Waals surface area contributed by atoms with Crippen LogP contribution in [0.1, 0.15) is 5.56 Å². The molecule has 0 saturated carbocycles. The van der Waals surface area contributed by atoms with Crippen molar-refractivity contribution >= 4 is 5.69 Å². The standard InChI is InChI=1S/C10H17N3O/c1-8-6-9(11)10(12-7-8)14-5-4-13(2)3/h6-7H,4-5,11H2,1-3H3. The predicted molar refractivity (Wildman–Crippen MR) is 57.4 cm³/mol. The third-order valence-corrected chi connectivity index (χ3v) is 1.79. The van der Waals surface area contributed by atoms with Crippen molar-refractivity contribution in [2.45, 2.75) is 6.92 Å². The van der Waals surface area contributed by atoms with Crippen LogP contribution in [0.25, 0.3) is 0 Å². The molecule has 0 fully saturated rings. The highest BCUT2D eigenvalue weighted by molar-refractivity contribution is 5.49. The maximum Gasteiger partial charge on any atom is 0.237 e. The van der Waals surface area contributed by atoms with Gasteiger partial charge in [-0.15, -0.1) is 0 Å². The number of rotatable bonds is 4. The van der Waals surface area contributed by atoms with Gasteiger partial charge in [0.2, 0.25) is 5.88 Å². The van der Waals surface area contributed by atoms with E-state index >= 15 is 0 Å². The van der Waals surface area contributed by atoms with Gasteiger partial charge in [-0.05, 0) is 32.6 Å². The lowest BCUT2D eigenvalue weighted by Crippen LogP contribution is -2.20. The van der Waals surface area contributed by atoms with Gasteiger partial charge < -0.3 is 15.4 Å². The summed E-state index contributed by atoms with van der Waals surface area (Å²) in [5, 5.41) is 0. The van der Waals surface area contributed by atoms with Crippen LogP contribution >= 0.6 is 0 Å². The smallest absolute Gasteiger partial charge is 0.237 e. The van der Waals surface area contributed by atoms with E-state index in [2.05, 4.69) is 4.98 Å². The minimum Gasteiger partial charge on any atom is -0.475 e. The fraction of sp³-hybridized carbons (Fsp3) is 0.500. The van der Waals surface area contributed by atoms with E-state index in [4.69, 9.17) is 10.5 Å². The summed E-state index contributed by atoms with van der Waals surface area (Å²) in [5.74, 6) is 0.525. The van der Waals surface area contributed by atoms with Gasteiger partial charge in [0.15, 0.2) is 0 Å². The fourth-order valence-electron chi connectivity index (χ4n) is 1.02. The lowest BCUT2D eigenvalue weighted by molar-refractivity contribution is 0.255. The number of anilines is 1. The normalized spacial score (nSPS) is 10.6. The van der Waals surface area contributed by atoms with Gasteiger partial charge >= 0.3 is 0 Å². The molecule has 4 nitrogen and oxygen atoms in total. The topological polar surface area (TPSA) is 51.4 Å². The lowest BCUT2D eigenvalue weighted by atomic mass is 10.3. The largest absolute Gasteiger partial charge is 0.475 e. The Morgan fingerprint density at radius 2 is 2.21 bits per heavy atom. The summed E-state index contributed by atoms with van der Waals surface area (Å²) in [4.78, 5) is 6.15. The second kappa shape index (κ2) is 4.81. The van der Waals surface area contributed by atoms with Crippen molar-refractivity contribution in [1.82, 2.24) is 9.88 Å². The van der Waals surface area contributed by atoms with Crippen LogP contribution in [0.15, 0.2) is 12.3 Å². The van der Waals surface area contributed by atoms with Gasteiger partial charge in [-0.25, -0.2) is 4.98 Å². The first-order valence-corrected chi connectivity index (χ1v) is 4.59. The minimum absolute atomic E-state index is 0.525. The molecule has 0 aliphatic rings. The monoisotopic (exact) mass is 195 g/mol. The van der Waals surface area contributed by atoms with Crippen molar-refractivity contribution in [3.05, 3.63) is 17.8 Å². The van der Waals surface area contributed by atoms with Gasteiger partial charge in [0.1, 0.15) is 6.61 Å². The number of aryl methyl sites for hydroxylation is 1. The molecule has 0 aromatic carbocycles. The Bertz CT molecular complexity index is 299. The second-order valence-electron chi connectivity index (χ2n) is 3.56. The van der Waals surface area contributed by atoms with Gasteiger partial charge in [-0.3, -0.25) is 0 Å². The second-order valence-corrected chi connectivity index (χ2v) is 3.56. The van der Waals surface area contributed by atoms with Crippen LogP contribution in [-0.2, 0) is 0 Å². The van der Waals surface area contributed by atoms with Crippen LogP contribution in [0.4, 0.5) is 5.69 Å². The third-order valence-electron chi connectivity index (χ3n) is 1.79. The van der Waals surface area contributed by atoms with E-state index < -0.39 is 0 Å². The molecule has 0 spiro atoms. The van der Waals surface area contributed by atoms with Crippen LogP contribution in [0.2, 0.25) is 0 Å². The summed E-state index contributed by atoms with van der Waals surface area (Å²) in [6, 6.07) is 1.86. The highest BCUT2D eigenvalue weighted by Crippen LogP contribution is 2.17. The number of pyridine rings is 1. The summed E-state index contributed by atoms with van der Waals surface area (Å²) in [6.45, 7) is 3.41. The van der Waals surface area contributed by atoms with E-state index in [9.17, 15) is 0 Å². The molecule has 0 aliphatic carbocycles. The number of hydrogen-bond donors (Lipinski definition) is 1. The maximum atomic E-state index is 5.74. The number of nitrogens with zero attached hydrogens (tertiary/aromatic N) is 2. The number of nitrogens with two attached hydrogens (primary N) is 1. The summed E-state index contributed by atoms with van der Waals surface area (Å²) in [7, 11) is 3.99. The minimum atomic E-state index is 0.525. The Labute approximate surface area is 84.7 Å². The Hall–Kier alpha value is -1.29. The maximum absolute atomic E-state index is 5.74. The highest BCUT2D eigenvalue weighted by Gasteiger charge is 2.01. The quantitative estimate of drug-likeness (QED) is 0.776. The van der Waals surface area contributed by atoms with Gasteiger partial charge in [-0.1, -0.05) is 0 Å². The Morgan fingerprint density at radius 1 is 1.50 bits per heavy atom. The van der Waals surface area contributed by atoms with Gasteiger partial charge in [-0.2, -0.15) is 0 Å². The van der Waals surface area contributed by atoms with Gasteiger partial charge in [0, 0.05) is 12.7 Å². The molecule has 0 atom stereocenters. The van der Waals surface area contributed by atoms with Crippen molar-refractivity contribution in [1.29, 1.82) is 0 Å². The zero-order chi connectivity index (χ0) is 10.6. The van der Waals surface area contributed by atoms with Crippen molar-refractivity contribution in [2.75, 3.05) is 33.0 Å². The SMILES string of the molecule is Cc1cnc(OCCN(C)C)c(N)c1. The molecular formula is C10H17N3O. The van der Waals surface area contributed by atoms with E-state index in [0.717, 1.165) is 12.1 Å². The van der Waals surface area contributed by atoms with Crippen LogP contribution in [0.3, 0.4) is 0 Å². The molecule has 78 valence electrons. The molecule has 14 heavy (non-hydrogen) atoms. The molecular weight excluding hydrogens is 178 g/mol. The summed E-state index contributed by atoms with van der Waals surface area (Å²) in [6.07, 6.45) is 1.75. The Balaban J connectivity index is 2.51. The molecule has 2 N–H and O–H groups in total. The van der Waals surface area contributed by atoms with Crippen LogP contribution in [-0.4, -0.2) is 37.1 Å². The molecule has 0 unspecified atom stereocenters. The van der Waals surface area contributed by atoms with Crippen LogP contribution in [0.5, 0.6) is 5.88 Å². The summed E-state index contributed by atoms with van der Waals surface area (Å²) < 4.78 is 5.42. The van der Waals surface area contributed by atoms with E-state index in [1.807, 2.05) is 32.0 Å². The predicted octanol–water partition coefficient (Wildman–Crippen LogP) is 0.913. The van der Waals surface area contributed by atoms with Crippen molar-refractivity contribution in [2.24, 2.45) is 0 Å². The summed E-state index contributed by atoms with van der Waals surface area (Å²) in [5.41, 5.74) is 7.38. The molecule has 0 amide bonds. The zero-order valence-electron chi connectivity index (χ0n) is 8.95.